The fraction of sp³-hybridized carbons (Fsp3) is 0.250. The van der Waals surface area contributed by atoms with Crippen LogP contribution in [0.2, 0.25) is 0 Å². The molecule has 1 N–H and O–H groups in total. The Hall–Kier alpha value is -2.53. The van der Waals surface area contributed by atoms with Crippen molar-refractivity contribution in [1.29, 1.82) is 0 Å². The Labute approximate surface area is 153 Å². The maximum absolute atomic E-state index is 5.71. The molecule has 2 aromatic heterocycles. The minimum absolute atomic E-state index is 0.0236. The van der Waals surface area contributed by atoms with E-state index in [0.29, 0.717) is 0 Å². The van der Waals surface area contributed by atoms with Crippen molar-refractivity contribution < 1.29 is 4.42 Å². The molecule has 0 fully saturated rings. The maximum Gasteiger partial charge on any atom is 0.169 e. The van der Waals surface area contributed by atoms with Crippen LogP contribution in [0.5, 0.6) is 0 Å². The molecular weight excluding hydrogens is 330 g/mol. The summed E-state index contributed by atoms with van der Waals surface area (Å²) in [7, 11) is 0. The number of benzene rings is 1. The molecule has 1 aliphatic rings. The lowest BCUT2D eigenvalue weighted by Crippen LogP contribution is -2.47. The summed E-state index contributed by atoms with van der Waals surface area (Å²) in [6, 6.07) is 18.7. The number of hydrogen-bond acceptors (Lipinski definition) is 2. The largest absolute Gasteiger partial charge is 0.467 e. The quantitative estimate of drug-likeness (QED) is 0.728. The van der Waals surface area contributed by atoms with Crippen LogP contribution in [0.1, 0.15) is 23.1 Å². The van der Waals surface area contributed by atoms with Crippen molar-refractivity contribution in [2.24, 2.45) is 0 Å². The number of hydrogen-bond donors (Lipinski definition) is 1. The van der Waals surface area contributed by atoms with E-state index in [9.17, 15) is 0 Å². The summed E-state index contributed by atoms with van der Waals surface area (Å²) >= 11 is 5.71. The van der Waals surface area contributed by atoms with E-state index < -0.39 is 0 Å². The highest BCUT2D eigenvalue weighted by molar-refractivity contribution is 7.80. The van der Waals surface area contributed by atoms with Crippen molar-refractivity contribution in [3.63, 3.8) is 0 Å². The van der Waals surface area contributed by atoms with Gasteiger partial charge in [-0.05, 0) is 48.5 Å². The van der Waals surface area contributed by atoms with Gasteiger partial charge in [0.25, 0.3) is 0 Å². The summed E-state index contributed by atoms with van der Waals surface area (Å²) < 4.78 is 7.99. The van der Waals surface area contributed by atoms with Crippen LogP contribution in [-0.2, 0) is 13.0 Å². The van der Waals surface area contributed by atoms with E-state index in [1.807, 2.05) is 18.2 Å². The SMILES string of the molecule is S=C(NCCc1ccccc1)N1CCn2cccc2C1c1ccco1. The predicted molar refractivity (Wildman–Crippen MR) is 102 cm³/mol. The van der Waals surface area contributed by atoms with Crippen LogP contribution in [-0.4, -0.2) is 27.7 Å². The van der Waals surface area contributed by atoms with Gasteiger partial charge in [-0.15, -0.1) is 0 Å². The molecule has 0 saturated heterocycles. The molecule has 1 aromatic carbocycles. The highest BCUT2D eigenvalue weighted by Gasteiger charge is 2.32. The van der Waals surface area contributed by atoms with Gasteiger partial charge in [0, 0.05) is 31.5 Å². The fourth-order valence-electron chi connectivity index (χ4n) is 3.41. The zero-order valence-corrected chi connectivity index (χ0v) is 14.8. The molecule has 0 amide bonds. The van der Waals surface area contributed by atoms with Crippen molar-refractivity contribution in [2.75, 3.05) is 13.1 Å². The number of nitrogens with one attached hydrogen (secondary N) is 1. The second kappa shape index (κ2) is 7.15. The Kier molecular flexibility index (Phi) is 4.57. The Morgan fingerprint density at radius 3 is 2.76 bits per heavy atom. The van der Waals surface area contributed by atoms with Crippen molar-refractivity contribution in [3.8, 4) is 0 Å². The van der Waals surface area contributed by atoms with Crippen LogP contribution in [0, 0.1) is 0 Å². The lowest BCUT2D eigenvalue weighted by Gasteiger charge is -2.37. The number of thiocarbonyl (C=S) groups is 1. The standard InChI is InChI=1S/C20H21N3OS/c25-20(21-11-10-16-6-2-1-3-7-16)23-14-13-22-12-4-8-17(22)19(23)18-9-5-15-24-18/h1-9,12,15,19H,10-11,13-14H2,(H,21,25). The summed E-state index contributed by atoms with van der Waals surface area (Å²) in [6.45, 7) is 2.62. The van der Waals surface area contributed by atoms with Gasteiger partial charge < -0.3 is 19.2 Å². The zero-order chi connectivity index (χ0) is 17.1. The highest BCUT2D eigenvalue weighted by Crippen LogP contribution is 2.32. The minimum Gasteiger partial charge on any atom is -0.467 e. The molecule has 0 radical (unpaired) electrons. The van der Waals surface area contributed by atoms with Gasteiger partial charge in [-0.3, -0.25) is 0 Å². The molecule has 3 heterocycles. The van der Waals surface area contributed by atoms with Crippen molar-refractivity contribution in [3.05, 3.63) is 84.1 Å². The monoisotopic (exact) mass is 351 g/mol. The van der Waals surface area contributed by atoms with E-state index in [0.717, 1.165) is 36.9 Å². The zero-order valence-electron chi connectivity index (χ0n) is 14.0. The molecule has 4 nitrogen and oxygen atoms in total. The normalized spacial score (nSPS) is 16.5. The second-order valence-corrected chi connectivity index (χ2v) is 6.59. The Bertz CT molecular complexity index is 826. The van der Waals surface area contributed by atoms with Crippen LogP contribution >= 0.6 is 12.2 Å². The lowest BCUT2D eigenvalue weighted by molar-refractivity contribution is 0.255. The molecule has 5 heteroatoms. The molecule has 1 aliphatic heterocycles. The third-order valence-corrected chi connectivity index (χ3v) is 5.02. The van der Waals surface area contributed by atoms with Crippen molar-refractivity contribution >= 4 is 17.3 Å². The molecular formula is C20H21N3OS. The molecule has 4 rings (SSSR count). The third-order valence-electron chi connectivity index (χ3n) is 4.64. The Balaban J connectivity index is 1.47. The molecule has 0 spiro atoms. The van der Waals surface area contributed by atoms with Gasteiger partial charge in [0.1, 0.15) is 11.8 Å². The maximum atomic E-state index is 5.71. The van der Waals surface area contributed by atoms with Crippen molar-refractivity contribution in [1.82, 2.24) is 14.8 Å². The van der Waals surface area contributed by atoms with Gasteiger partial charge in [0.15, 0.2) is 5.11 Å². The van der Waals surface area contributed by atoms with Gasteiger partial charge in [-0.25, -0.2) is 0 Å². The van der Waals surface area contributed by atoms with Gasteiger partial charge in [0.05, 0.1) is 6.26 Å². The van der Waals surface area contributed by atoms with E-state index in [1.165, 1.54) is 11.3 Å². The van der Waals surface area contributed by atoms with E-state index in [2.05, 4.69) is 57.4 Å². The van der Waals surface area contributed by atoms with E-state index in [-0.39, 0.29) is 6.04 Å². The molecule has 25 heavy (non-hydrogen) atoms. The average Bonchev–Trinajstić information content (AvgIpc) is 3.33. The van der Waals surface area contributed by atoms with Crippen LogP contribution in [0.4, 0.5) is 0 Å². The van der Waals surface area contributed by atoms with Gasteiger partial charge in [0.2, 0.25) is 0 Å². The Morgan fingerprint density at radius 1 is 1.08 bits per heavy atom. The third kappa shape index (κ3) is 3.33. The summed E-state index contributed by atoms with van der Waals surface area (Å²) in [5.41, 5.74) is 2.53. The number of nitrogens with zero attached hydrogens (tertiary/aromatic N) is 2. The second-order valence-electron chi connectivity index (χ2n) is 6.21. The molecule has 0 bridgehead atoms. The predicted octanol–water partition coefficient (Wildman–Crippen LogP) is 3.60. The minimum atomic E-state index is 0.0236. The van der Waals surface area contributed by atoms with Crippen LogP contribution in [0.3, 0.4) is 0 Å². The number of fused-ring (bicyclic) bond motifs is 1. The first kappa shape index (κ1) is 16.0. The summed E-state index contributed by atoms with van der Waals surface area (Å²) in [5.74, 6) is 0.923. The first-order chi connectivity index (χ1) is 12.3. The highest BCUT2D eigenvalue weighted by atomic mass is 32.1. The fourth-order valence-corrected chi connectivity index (χ4v) is 3.71. The summed E-state index contributed by atoms with van der Waals surface area (Å²) in [4.78, 5) is 2.23. The number of furan rings is 1. The summed E-state index contributed by atoms with van der Waals surface area (Å²) in [6.07, 6.45) is 4.80. The van der Waals surface area contributed by atoms with E-state index >= 15 is 0 Å². The molecule has 0 aliphatic carbocycles. The lowest BCUT2D eigenvalue weighted by atomic mass is 10.1. The number of rotatable bonds is 4. The van der Waals surface area contributed by atoms with Crippen LogP contribution in [0.25, 0.3) is 0 Å². The van der Waals surface area contributed by atoms with Crippen LogP contribution < -0.4 is 5.32 Å². The first-order valence-electron chi connectivity index (χ1n) is 8.60. The average molecular weight is 351 g/mol. The van der Waals surface area contributed by atoms with Gasteiger partial charge in [-0.1, -0.05) is 30.3 Å². The molecule has 1 unspecified atom stereocenters. The smallest absolute Gasteiger partial charge is 0.169 e. The summed E-state index contributed by atoms with van der Waals surface area (Å²) in [5, 5.41) is 4.20. The topological polar surface area (TPSA) is 33.3 Å². The van der Waals surface area contributed by atoms with Crippen molar-refractivity contribution in [2.45, 2.75) is 19.0 Å². The Morgan fingerprint density at radius 2 is 1.96 bits per heavy atom. The van der Waals surface area contributed by atoms with E-state index in [1.54, 1.807) is 6.26 Å². The first-order valence-corrected chi connectivity index (χ1v) is 9.00. The van der Waals surface area contributed by atoms with Gasteiger partial charge >= 0.3 is 0 Å². The molecule has 3 aromatic rings. The van der Waals surface area contributed by atoms with E-state index in [4.69, 9.17) is 16.6 Å². The van der Waals surface area contributed by atoms with Crippen LogP contribution in [0.15, 0.2) is 71.5 Å². The number of aromatic nitrogens is 1. The van der Waals surface area contributed by atoms with Gasteiger partial charge in [-0.2, -0.15) is 0 Å². The molecule has 1 atom stereocenters. The molecule has 128 valence electrons. The molecule has 0 saturated carbocycles.